The van der Waals surface area contributed by atoms with Crippen LogP contribution in [0.2, 0.25) is 5.02 Å². The van der Waals surface area contributed by atoms with Gasteiger partial charge in [0, 0.05) is 12.2 Å². The van der Waals surface area contributed by atoms with Crippen LogP contribution in [0.5, 0.6) is 0 Å². The van der Waals surface area contributed by atoms with Crippen molar-refractivity contribution in [2.45, 2.75) is 19.8 Å². The van der Waals surface area contributed by atoms with Crippen molar-refractivity contribution in [2.75, 3.05) is 11.9 Å². The molecule has 0 aliphatic heterocycles. The second kappa shape index (κ2) is 7.70. The Morgan fingerprint density at radius 1 is 1.27 bits per heavy atom. The summed E-state index contributed by atoms with van der Waals surface area (Å²) in [4.78, 5) is 11.8. The molecule has 0 saturated carbocycles. The highest BCUT2D eigenvalue weighted by Crippen LogP contribution is 2.21. The third kappa shape index (κ3) is 4.39. The molecule has 1 aromatic carbocycles. The van der Waals surface area contributed by atoms with Gasteiger partial charge in [0.1, 0.15) is 5.82 Å². The lowest BCUT2D eigenvalue weighted by Crippen LogP contribution is -2.25. The van der Waals surface area contributed by atoms with Crippen LogP contribution in [0.25, 0.3) is 0 Å². The predicted octanol–water partition coefficient (Wildman–Crippen LogP) is 3.54. The van der Waals surface area contributed by atoms with Crippen molar-refractivity contribution in [3.8, 4) is 0 Å². The fraction of sp³-hybridized carbons (Fsp3) is 0.267. The van der Waals surface area contributed by atoms with Crippen molar-refractivity contribution >= 4 is 29.0 Å². The van der Waals surface area contributed by atoms with Crippen molar-refractivity contribution in [1.29, 1.82) is 0 Å². The highest BCUT2D eigenvalue weighted by molar-refractivity contribution is 6.31. The van der Waals surface area contributed by atoms with Gasteiger partial charge in [-0.3, -0.25) is 4.79 Å². The third-order valence-corrected chi connectivity index (χ3v) is 3.19. The monoisotopic (exact) mass is 322 g/mol. The molecule has 2 rings (SSSR count). The Labute approximate surface area is 132 Å². The zero-order valence-corrected chi connectivity index (χ0v) is 12.8. The zero-order chi connectivity index (χ0) is 15.9. The first-order valence-electron chi connectivity index (χ1n) is 6.94. The standard InChI is InChI=1S/C15H16ClFN4O/c1-2-3-8-18-15(22)13-6-7-14(21-20-13)19-10-4-5-12(17)11(16)9-10/h4-7,9H,2-3,8H2,1H3,(H,18,22)(H,19,21). The molecule has 5 nitrogen and oxygen atoms in total. The lowest BCUT2D eigenvalue weighted by Gasteiger charge is -2.07. The fourth-order valence-electron chi connectivity index (χ4n) is 1.71. The molecule has 2 N–H and O–H groups in total. The second-order valence-electron chi connectivity index (χ2n) is 4.67. The first-order chi connectivity index (χ1) is 10.6. The van der Waals surface area contributed by atoms with Gasteiger partial charge in [-0.05, 0) is 36.8 Å². The quantitative estimate of drug-likeness (QED) is 0.798. The zero-order valence-electron chi connectivity index (χ0n) is 12.1. The minimum Gasteiger partial charge on any atom is -0.351 e. The van der Waals surface area contributed by atoms with Crippen molar-refractivity contribution in [3.05, 3.63) is 46.9 Å². The molecule has 0 unspecified atom stereocenters. The van der Waals surface area contributed by atoms with Crippen LogP contribution in [0.3, 0.4) is 0 Å². The normalized spacial score (nSPS) is 10.3. The topological polar surface area (TPSA) is 66.9 Å². The maximum atomic E-state index is 13.1. The number of halogens is 2. The number of hydrogen-bond acceptors (Lipinski definition) is 4. The minimum atomic E-state index is -0.489. The SMILES string of the molecule is CCCCNC(=O)c1ccc(Nc2ccc(F)c(Cl)c2)nn1. The summed E-state index contributed by atoms with van der Waals surface area (Å²) in [6.07, 6.45) is 1.93. The van der Waals surface area contributed by atoms with Crippen LogP contribution < -0.4 is 10.6 Å². The molecule has 0 radical (unpaired) electrons. The van der Waals surface area contributed by atoms with E-state index in [0.717, 1.165) is 12.8 Å². The molecule has 7 heteroatoms. The Hall–Kier alpha value is -2.21. The first kappa shape index (κ1) is 16.2. The summed E-state index contributed by atoms with van der Waals surface area (Å²) in [5.74, 6) is -0.303. The molecule has 116 valence electrons. The van der Waals surface area contributed by atoms with Crippen LogP contribution in [0.4, 0.5) is 15.9 Å². The van der Waals surface area contributed by atoms with Gasteiger partial charge in [-0.1, -0.05) is 24.9 Å². The smallest absolute Gasteiger partial charge is 0.271 e. The van der Waals surface area contributed by atoms with Crippen LogP contribution >= 0.6 is 11.6 Å². The van der Waals surface area contributed by atoms with Crippen molar-refractivity contribution in [1.82, 2.24) is 15.5 Å². The maximum absolute atomic E-state index is 13.1. The predicted molar refractivity (Wildman–Crippen MR) is 84.0 cm³/mol. The second-order valence-corrected chi connectivity index (χ2v) is 5.07. The molecule has 0 aliphatic carbocycles. The van der Waals surface area contributed by atoms with Crippen LogP contribution in [0, 0.1) is 5.82 Å². The van der Waals surface area contributed by atoms with Gasteiger partial charge in [0.05, 0.1) is 5.02 Å². The van der Waals surface area contributed by atoms with Gasteiger partial charge in [0.15, 0.2) is 11.5 Å². The van der Waals surface area contributed by atoms with E-state index < -0.39 is 5.82 Å². The van der Waals surface area contributed by atoms with E-state index in [2.05, 4.69) is 20.8 Å². The fourth-order valence-corrected chi connectivity index (χ4v) is 1.89. The Morgan fingerprint density at radius 2 is 2.09 bits per heavy atom. The van der Waals surface area contributed by atoms with Crippen LogP contribution in [0.1, 0.15) is 30.3 Å². The number of nitrogens with zero attached hydrogens (tertiary/aromatic N) is 2. The van der Waals surface area contributed by atoms with Crippen molar-refractivity contribution < 1.29 is 9.18 Å². The summed E-state index contributed by atoms with van der Waals surface area (Å²) in [6, 6.07) is 7.44. The van der Waals surface area contributed by atoms with E-state index in [4.69, 9.17) is 11.6 Å². The molecule has 22 heavy (non-hydrogen) atoms. The molecule has 0 spiro atoms. The number of hydrogen-bond donors (Lipinski definition) is 2. The van der Waals surface area contributed by atoms with E-state index in [-0.39, 0.29) is 16.6 Å². The van der Waals surface area contributed by atoms with Crippen LogP contribution in [0.15, 0.2) is 30.3 Å². The summed E-state index contributed by atoms with van der Waals surface area (Å²) in [6.45, 7) is 2.67. The maximum Gasteiger partial charge on any atom is 0.271 e. The van der Waals surface area contributed by atoms with E-state index in [1.54, 1.807) is 12.1 Å². The van der Waals surface area contributed by atoms with Gasteiger partial charge < -0.3 is 10.6 Å². The lowest BCUT2D eigenvalue weighted by molar-refractivity contribution is 0.0947. The summed E-state index contributed by atoms with van der Waals surface area (Å²) >= 11 is 5.70. The molecule has 1 heterocycles. The average molecular weight is 323 g/mol. The number of anilines is 2. The average Bonchev–Trinajstić information content (AvgIpc) is 2.52. The van der Waals surface area contributed by atoms with Crippen LogP contribution in [-0.2, 0) is 0 Å². The van der Waals surface area contributed by atoms with E-state index in [9.17, 15) is 9.18 Å². The van der Waals surface area contributed by atoms with E-state index >= 15 is 0 Å². The number of unbranched alkanes of at least 4 members (excludes halogenated alkanes) is 1. The molecule has 0 saturated heterocycles. The molecule has 1 amide bonds. The molecule has 1 aromatic heterocycles. The molecular formula is C15H16ClFN4O. The van der Waals surface area contributed by atoms with E-state index in [0.29, 0.717) is 18.1 Å². The van der Waals surface area contributed by atoms with E-state index in [1.807, 2.05) is 6.92 Å². The minimum absolute atomic E-state index is 0.0184. The third-order valence-electron chi connectivity index (χ3n) is 2.91. The molecule has 0 atom stereocenters. The molecule has 0 fully saturated rings. The van der Waals surface area contributed by atoms with Gasteiger partial charge >= 0.3 is 0 Å². The van der Waals surface area contributed by atoms with Crippen LogP contribution in [-0.4, -0.2) is 22.6 Å². The number of benzene rings is 1. The Morgan fingerprint density at radius 3 is 2.73 bits per heavy atom. The molecular weight excluding hydrogens is 307 g/mol. The van der Waals surface area contributed by atoms with Gasteiger partial charge in [-0.2, -0.15) is 0 Å². The summed E-state index contributed by atoms with van der Waals surface area (Å²) in [5, 5.41) is 13.5. The summed E-state index contributed by atoms with van der Waals surface area (Å²) in [7, 11) is 0. The highest BCUT2D eigenvalue weighted by atomic mass is 35.5. The number of rotatable bonds is 6. The Kier molecular flexibility index (Phi) is 5.66. The largest absolute Gasteiger partial charge is 0.351 e. The van der Waals surface area contributed by atoms with Crippen molar-refractivity contribution in [2.24, 2.45) is 0 Å². The van der Waals surface area contributed by atoms with E-state index in [1.165, 1.54) is 18.2 Å². The van der Waals surface area contributed by atoms with Gasteiger partial charge in [-0.15, -0.1) is 10.2 Å². The van der Waals surface area contributed by atoms with Gasteiger partial charge in [-0.25, -0.2) is 4.39 Å². The lowest BCUT2D eigenvalue weighted by atomic mass is 10.3. The Bertz CT molecular complexity index is 648. The highest BCUT2D eigenvalue weighted by Gasteiger charge is 2.08. The van der Waals surface area contributed by atoms with Gasteiger partial charge in [0.2, 0.25) is 0 Å². The molecule has 2 aromatic rings. The number of carbonyl (C=O) groups excluding carboxylic acids is 1. The molecule has 0 aliphatic rings. The number of amides is 1. The van der Waals surface area contributed by atoms with Gasteiger partial charge in [0.25, 0.3) is 5.91 Å². The number of aromatic nitrogens is 2. The summed E-state index contributed by atoms with van der Waals surface area (Å²) in [5.41, 5.74) is 0.833. The Balaban J connectivity index is 1.99. The number of nitrogens with one attached hydrogen (secondary N) is 2. The van der Waals surface area contributed by atoms with Crippen molar-refractivity contribution in [3.63, 3.8) is 0 Å². The first-order valence-corrected chi connectivity index (χ1v) is 7.32. The number of carbonyl (C=O) groups is 1. The summed E-state index contributed by atoms with van der Waals surface area (Å²) < 4.78 is 13.1. The molecule has 0 bridgehead atoms.